The normalized spacial score (nSPS) is 11.4. The molecule has 19 heavy (non-hydrogen) atoms. The number of aromatic nitrogens is 2. The second-order valence-electron chi connectivity index (χ2n) is 3.57. The van der Waals surface area contributed by atoms with Gasteiger partial charge in [0.15, 0.2) is 4.96 Å². The predicted molar refractivity (Wildman–Crippen MR) is 71.7 cm³/mol. The number of carbonyl (C=O) groups is 1. The molecule has 0 saturated carbocycles. The lowest BCUT2D eigenvalue weighted by Crippen LogP contribution is -2.07. The molecule has 0 atom stereocenters. The van der Waals surface area contributed by atoms with E-state index >= 15 is 0 Å². The van der Waals surface area contributed by atoms with E-state index in [1.807, 2.05) is 18.5 Å². The minimum Gasteiger partial charge on any atom is -0.478 e. The molecule has 6 nitrogen and oxygen atoms in total. The number of imidazole rings is 1. The maximum atomic E-state index is 10.6. The zero-order valence-electron chi connectivity index (χ0n) is 10.4. The number of fused-ring (bicyclic) bond motifs is 1. The van der Waals surface area contributed by atoms with Crippen LogP contribution in [0.25, 0.3) is 11.0 Å². The molecule has 0 aliphatic rings. The zero-order chi connectivity index (χ0) is 13.7. The van der Waals surface area contributed by atoms with Gasteiger partial charge in [0, 0.05) is 24.3 Å². The molecule has 0 aliphatic heterocycles. The van der Waals surface area contributed by atoms with Crippen molar-refractivity contribution >= 4 is 28.3 Å². The minimum absolute atomic E-state index is 0.382. The maximum absolute atomic E-state index is 10.6. The van der Waals surface area contributed by atoms with Crippen LogP contribution in [0, 0.1) is 0 Å². The summed E-state index contributed by atoms with van der Waals surface area (Å²) in [6, 6.07) is 0. The number of hydrogen-bond acceptors (Lipinski definition) is 5. The predicted octanol–water partition coefficient (Wildman–Crippen LogP) is 1.91. The summed E-state index contributed by atoms with van der Waals surface area (Å²) in [7, 11) is 0. The highest BCUT2D eigenvalue weighted by molar-refractivity contribution is 7.15. The Bertz CT molecular complexity index is 588. The average Bonchev–Trinajstić information content (AvgIpc) is 2.93. The Morgan fingerprint density at radius 2 is 2.42 bits per heavy atom. The van der Waals surface area contributed by atoms with Crippen molar-refractivity contribution in [1.82, 2.24) is 9.38 Å². The molecule has 0 aromatic carbocycles. The average molecular weight is 282 g/mol. The lowest BCUT2D eigenvalue weighted by Gasteiger charge is -2.04. The highest BCUT2D eigenvalue weighted by Gasteiger charge is 2.12. The summed E-state index contributed by atoms with van der Waals surface area (Å²) in [5, 5.41) is 10.6. The van der Waals surface area contributed by atoms with Crippen LogP contribution < -0.4 is 4.74 Å². The van der Waals surface area contributed by atoms with Crippen LogP contribution in [0.3, 0.4) is 0 Å². The first-order valence-corrected chi connectivity index (χ1v) is 6.67. The van der Waals surface area contributed by atoms with Crippen molar-refractivity contribution in [3.8, 4) is 5.88 Å². The molecular formula is C12H14N2O4S. The second-order valence-corrected chi connectivity index (χ2v) is 4.45. The lowest BCUT2D eigenvalue weighted by molar-refractivity contribution is -0.131. The topological polar surface area (TPSA) is 73.1 Å². The summed E-state index contributed by atoms with van der Waals surface area (Å²) < 4.78 is 12.5. The Morgan fingerprint density at radius 1 is 1.58 bits per heavy atom. The number of nitrogens with zero attached hydrogens (tertiary/aromatic N) is 2. The molecule has 0 spiro atoms. The van der Waals surface area contributed by atoms with Crippen LogP contribution in [-0.4, -0.2) is 40.3 Å². The molecule has 0 fully saturated rings. The van der Waals surface area contributed by atoms with E-state index in [4.69, 9.17) is 14.6 Å². The molecule has 0 amide bonds. The molecule has 2 rings (SSSR count). The Kier molecular flexibility index (Phi) is 4.53. The Hall–Kier alpha value is -1.86. The molecule has 7 heteroatoms. The van der Waals surface area contributed by atoms with Gasteiger partial charge in [-0.3, -0.25) is 4.40 Å². The Balaban J connectivity index is 2.18. The van der Waals surface area contributed by atoms with Gasteiger partial charge in [0.2, 0.25) is 5.88 Å². The molecule has 0 radical (unpaired) electrons. The highest BCUT2D eigenvalue weighted by Crippen LogP contribution is 2.24. The van der Waals surface area contributed by atoms with Gasteiger partial charge in [0.1, 0.15) is 12.3 Å². The van der Waals surface area contributed by atoms with Crippen molar-refractivity contribution in [2.45, 2.75) is 6.92 Å². The molecular weight excluding hydrogens is 268 g/mol. The number of carboxylic acid groups (broad SMARTS) is 1. The quantitative estimate of drug-likeness (QED) is 0.620. The first-order valence-electron chi connectivity index (χ1n) is 5.79. The van der Waals surface area contributed by atoms with Crippen LogP contribution >= 0.6 is 11.3 Å². The third kappa shape index (κ3) is 3.33. The molecule has 0 unspecified atom stereocenters. The number of thiazole rings is 1. The maximum Gasteiger partial charge on any atom is 0.328 e. The molecule has 0 aliphatic carbocycles. The minimum atomic E-state index is -1.01. The smallest absolute Gasteiger partial charge is 0.328 e. The SMILES string of the molecule is CCOCCOc1nc2sccn2c1/C=C/C(=O)O. The fourth-order valence-corrected chi connectivity index (χ4v) is 2.25. The highest BCUT2D eigenvalue weighted by atomic mass is 32.1. The summed E-state index contributed by atoms with van der Waals surface area (Å²) in [6.45, 7) is 3.40. The van der Waals surface area contributed by atoms with Gasteiger partial charge in [-0.05, 0) is 13.0 Å². The number of rotatable bonds is 7. The van der Waals surface area contributed by atoms with Crippen LogP contribution in [0.2, 0.25) is 0 Å². The third-order valence-corrected chi connectivity index (χ3v) is 3.08. The van der Waals surface area contributed by atoms with E-state index in [9.17, 15) is 4.79 Å². The number of ether oxygens (including phenoxy) is 2. The molecule has 2 aromatic heterocycles. The first-order chi connectivity index (χ1) is 9.22. The van der Waals surface area contributed by atoms with E-state index in [0.29, 0.717) is 31.4 Å². The summed E-state index contributed by atoms with van der Waals surface area (Å²) in [5.41, 5.74) is 0.621. The van der Waals surface area contributed by atoms with Crippen molar-refractivity contribution < 1.29 is 19.4 Å². The van der Waals surface area contributed by atoms with Gasteiger partial charge in [-0.2, -0.15) is 4.98 Å². The summed E-state index contributed by atoms with van der Waals surface area (Å²) in [6.07, 6.45) is 4.37. The fraction of sp³-hybridized carbons (Fsp3) is 0.333. The van der Waals surface area contributed by atoms with Gasteiger partial charge in [0.05, 0.1) is 6.61 Å². The second kappa shape index (κ2) is 6.35. The van der Waals surface area contributed by atoms with Crippen LogP contribution in [0.15, 0.2) is 17.7 Å². The zero-order valence-corrected chi connectivity index (χ0v) is 11.2. The van der Waals surface area contributed by atoms with E-state index in [1.54, 1.807) is 4.40 Å². The monoisotopic (exact) mass is 282 g/mol. The number of aliphatic carboxylic acids is 1. The molecule has 0 bridgehead atoms. The van der Waals surface area contributed by atoms with Crippen LogP contribution in [-0.2, 0) is 9.53 Å². The molecule has 0 saturated heterocycles. The third-order valence-electron chi connectivity index (χ3n) is 2.32. The van der Waals surface area contributed by atoms with Gasteiger partial charge in [-0.1, -0.05) is 0 Å². The van der Waals surface area contributed by atoms with Crippen molar-refractivity contribution in [3.05, 3.63) is 23.3 Å². The summed E-state index contributed by atoms with van der Waals surface area (Å²) in [5.74, 6) is -0.588. The Morgan fingerprint density at radius 3 is 3.16 bits per heavy atom. The summed E-state index contributed by atoms with van der Waals surface area (Å²) >= 11 is 1.46. The first kappa shape index (κ1) is 13.6. The number of hydrogen-bond donors (Lipinski definition) is 1. The van der Waals surface area contributed by atoms with E-state index < -0.39 is 5.97 Å². The largest absolute Gasteiger partial charge is 0.478 e. The Labute approximate surface area is 113 Å². The van der Waals surface area contributed by atoms with E-state index in [2.05, 4.69) is 4.98 Å². The van der Waals surface area contributed by atoms with E-state index in [0.717, 1.165) is 11.0 Å². The van der Waals surface area contributed by atoms with Gasteiger partial charge in [0.25, 0.3) is 0 Å². The van der Waals surface area contributed by atoms with Gasteiger partial charge >= 0.3 is 5.97 Å². The fourth-order valence-electron chi connectivity index (χ4n) is 1.53. The lowest BCUT2D eigenvalue weighted by atomic mass is 10.4. The number of carboxylic acids is 1. The van der Waals surface area contributed by atoms with Gasteiger partial charge in [-0.15, -0.1) is 11.3 Å². The van der Waals surface area contributed by atoms with Crippen molar-refractivity contribution in [1.29, 1.82) is 0 Å². The summed E-state index contributed by atoms with van der Waals surface area (Å²) in [4.78, 5) is 15.7. The van der Waals surface area contributed by atoms with Crippen LogP contribution in [0.4, 0.5) is 0 Å². The van der Waals surface area contributed by atoms with E-state index in [-0.39, 0.29) is 0 Å². The molecule has 2 heterocycles. The molecule has 1 N–H and O–H groups in total. The van der Waals surface area contributed by atoms with Crippen molar-refractivity contribution in [2.75, 3.05) is 19.8 Å². The van der Waals surface area contributed by atoms with Gasteiger partial charge in [-0.25, -0.2) is 4.79 Å². The van der Waals surface area contributed by atoms with Crippen LogP contribution in [0.5, 0.6) is 5.88 Å². The van der Waals surface area contributed by atoms with Crippen molar-refractivity contribution in [3.63, 3.8) is 0 Å². The standard InChI is InChI=1S/C12H14N2O4S/c1-2-17-6-7-18-11-9(3-4-10(15)16)14-5-8-19-12(14)13-11/h3-5,8H,2,6-7H2,1H3,(H,15,16)/b4-3+. The van der Waals surface area contributed by atoms with Crippen LogP contribution in [0.1, 0.15) is 12.6 Å². The van der Waals surface area contributed by atoms with Gasteiger partial charge < -0.3 is 14.6 Å². The van der Waals surface area contributed by atoms with E-state index in [1.165, 1.54) is 17.4 Å². The molecule has 2 aromatic rings. The molecule has 102 valence electrons. The van der Waals surface area contributed by atoms with Crippen molar-refractivity contribution in [2.24, 2.45) is 0 Å².